The molecule has 1 heterocycles. The van der Waals surface area contributed by atoms with Crippen LogP contribution >= 0.6 is 50.5 Å². The van der Waals surface area contributed by atoms with Gasteiger partial charge in [0.1, 0.15) is 0 Å². The molecule has 1 atom stereocenters. The van der Waals surface area contributed by atoms with Crippen molar-refractivity contribution in [2.24, 2.45) is 0 Å². The Kier molecular flexibility index (Phi) is 4.73. The van der Waals surface area contributed by atoms with Crippen molar-refractivity contribution in [1.29, 1.82) is 0 Å². The van der Waals surface area contributed by atoms with Crippen LogP contribution in [0.2, 0.25) is 8.67 Å². The third-order valence-corrected chi connectivity index (χ3v) is 4.84. The van der Waals surface area contributed by atoms with Gasteiger partial charge in [-0.25, -0.2) is 0 Å². The molecule has 0 aliphatic rings. The number of hydrogen-bond acceptors (Lipinski definition) is 2. The van der Waals surface area contributed by atoms with Crippen LogP contribution in [0.3, 0.4) is 0 Å². The molecule has 2 aromatic rings. The summed E-state index contributed by atoms with van der Waals surface area (Å²) < 4.78 is 2.53. The largest absolute Gasteiger partial charge is 0.309 e. The third kappa shape index (κ3) is 2.91. The van der Waals surface area contributed by atoms with Crippen molar-refractivity contribution in [3.63, 3.8) is 0 Å². The van der Waals surface area contributed by atoms with Gasteiger partial charge in [-0.15, -0.1) is 11.3 Å². The maximum atomic E-state index is 6.24. The lowest BCUT2D eigenvalue weighted by atomic mass is 9.97. The maximum absolute atomic E-state index is 6.24. The van der Waals surface area contributed by atoms with Crippen molar-refractivity contribution in [2.75, 3.05) is 7.05 Å². The van der Waals surface area contributed by atoms with E-state index in [0.717, 1.165) is 14.4 Å². The molecule has 1 unspecified atom stereocenters. The fraction of sp³-hybridized carbons (Fsp3) is 0.231. The van der Waals surface area contributed by atoms with E-state index in [9.17, 15) is 0 Å². The van der Waals surface area contributed by atoms with Gasteiger partial charge in [0.2, 0.25) is 0 Å². The predicted octanol–water partition coefficient (Wildman–Crippen LogP) is 5.43. The van der Waals surface area contributed by atoms with E-state index in [1.54, 1.807) is 0 Å². The highest BCUT2D eigenvalue weighted by atomic mass is 79.9. The third-order valence-electron chi connectivity index (χ3n) is 2.83. The molecular formula is C13H12BrCl2NS. The molecule has 1 nitrogen and oxygen atoms in total. The molecule has 18 heavy (non-hydrogen) atoms. The fourth-order valence-electron chi connectivity index (χ4n) is 1.99. The summed E-state index contributed by atoms with van der Waals surface area (Å²) in [5.74, 6) is 0. The van der Waals surface area contributed by atoms with Crippen LogP contribution in [-0.4, -0.2) is 7.05 Å². The summed E-state index contributed by atoms with van der Waals surface area (Å²) in [6.45, 7) is 2.09. The van der Waals surface area contributed by atoms with E-state index in [1.807, 2.05) is 19.2 Å². The van der Waals surface area contributed by atoms with Gasteiger partial charge < -0.3 is 5.32 Å². The first kappa shape index (κ1) is 14.4. The molecule has 0 amide bonds. The van der Waals surface area contributed by atoms with Gasteiger partial charge in [0.15, 0.2) is 0 Å². The van der Waals surface area contributed by atoms with Crippen LogP contribution in [0.25, 0.3) is 0 Å². The van der Waals surface area contributed by atoms with E-state index in [4.69, 9.17) is 23.2 Å². The maximum Gasteiger partial charge on any atom is 0.0995 e. The van der Waals surface area contributed by atoms with Crippen LogP contribution in [0.15, 0.2) is 28.7 Å². The monoisotopic (exact) mass is 363 g/mol. The Hall–Kier alpha value is -0.0600. The van der Waals surface area contributed by atoms with Gasteiger partial charge in [-0.05, 0) is 43.3 Å². The first-order chi connectivity index (χ1) is 8.52. The van der Waals surface area contributed by atoms with Gasteiger partial charge in [-0.2, -0.15) is 0 Å². The molecule has 0 fully saturated rings. The Morgan fingerprint density at radius 3 is 2.44 bits per heavy atom. The fourth-order valence-corrected chi connectivity index (χ4v) is 4.00. The van der Waals surface area contributed by atoms with E-state index in [2.05, 4.69) is 40.3 Å². The zero-order valence-corrected chi connectivity index (χ0v) is 13.8. The Bertz CT molecular complexity index is 568. The molecule has 0 radical (unpaired) electrons. The van der Waals surface area contributed by atoms with Gasteiger partial charge in [-0.1, -0.05) is 45.2 Å². The Morgan fingerprint density at radius 2 is 1.94 bits per heavy atom. The van der Waals surface area contributed by atoms with Crippen LogP contribution in [0.1, 0.15) is 22.7 Å². The van der Waals surface area contributed by atoms with Crippen molar-refractivity contribution in [2.45, 2.75) is 13.0 Å². The SMILES string of the molecule is CNC(c1ccc(Br)cc1C)c1cc(Cl)sc1Cl. The minimum absolute atomic E-state index is 0.0642. The topological polar surface area (TPSA) is 12.0 Å². The van der Waals surface area contributed by atoms with Crippen LogP contribution in [0, 0.1) is 6.92 Å². The van der Waals surface area contributed by atoms with Crippen molar-refractivity contribution < 1.29 is 0 Å². The van der Waals surface area contributed by atoms with Crippen molar-refractivity contribution in [3.05, 3.63) is 54.1 Å². The molecule has 0 bridgehead atoms. The predicted molar refractivity (Wildman–Crippen MR) is 84.1 cm³/mol. The first-order valence-corrected chi connectivity index (χ1v) is 7.77. The van der Waals surface area contributed by atoms with Gasteiger partial charge >= 0.3 is 0 Å². The Labute approximate surface area is 129 Å². The minimum Gasteiger partial charge on any atom is -0.309 e. The lowest BCUT2D eigenvalue weighted by molar-refractivity contribution is 0.690. The second kappa shape index (κ2) is 5.93. The molecule has 0 aliphatic carbocycles. The number of nitrogens with one attached hydrogen (secondary N) is 1. The highest BCUT2D eigenvalue weighted by Crippen LogP contribution is 2.38. The molecule has 0 saturated heterocycles. The van der Waals surface area contributed by atoms with Gasteiger partial charge in [0, 0.05) is 10.0 Å². The van der Waals surface area contributed by atoms with E-state index >= 15 is 0 Å². The molecule has 1 N–H and O–H groups in total. The lowest BCUT2D eigenvalue weighted by Crippen LogP contribution is -2.18. The number of halogens is 3. The smallest absolute Gasteiger partial charge is 0.0995 e. The van der Waals surface area contributed by atoms with Crippen molar-refractivity contribution in [1.82, 2.24) is 5.32 Å². The van der Waals surface area contributed by atoms with Gasteiger partial charge in [-0.3, -0.25) is 0 Å². The summed E-state index contributed by atoms with van der Waals surface area (Å²) >= 11 is 17.1. The molecule has 5 heteroatoms. The average molecular weight is 365 g/mol. The first-order valence-electron chi connectivity index (χ1n) is 5.41. The van der Waals surface area contributed by atoms with E-state index in [0.29, 0.717) is 4.34 Å². The molecule has 0 aliphatic heterocycles. The summed E-state index contributed by atoms with van der Waals surface area (Å²) in [5, 5.41) is 3.30. The van der Waals surface area contributed by atoms with Crippen molar-refractivity contribution >= 4 is 50.5 Å². The Balaban J connectivity index is 2.48. The zero-order chi connectivity index (χ0) is 13.3. The molecule has 1 aromatic carbocycles. The van der Waals surface area contributed by atoms with E-state index < -0.39 is 0 Å². The molecule has 96 valence electrons. The summed E-state index contributed by atoms with van der Waals surface area (Å²) in [6.07, 6.45) is 0. The zero-order valence-electron chi connectivity index (χ0n) is 9.93. The molecule has 2 rings (SSSR count). The number of hydrogen-bond donors (Lipinski definition) is 1. The summed E-state index contributed by atoms with van der Waals surface area (Å²) in [4.78, 5) is 0. The molecule has 0 saturated carbocycles. The van der Waals surface area contributed by atoms with Crippen LogP contribution in [0.4, 0.5) is 0 Å². The highest BCUT2D eigenvalue weighted by molar-refractivity contribution is 9.10. The number of benzene rings is 1. The number of aryl methyl sites for hydroxylation is 1. The van der Waals surface area contributed by atoms with Gasteiger partial charge in [0.05, 0.1) is 14.7 Å². The lowest BCUT2D eigenvalue weighted by Gasteiger charge is -2.18. The Morgan fingerprint density at radius 1 is 1.22 bits per heavy atom. The minimum atomic E-state index is 0.0642. The molecule has 1 aromatic heterocycles. The number of rotatable bonds is 3. The highest BCUT2D eigenvalue weighted by Gasteiger charge is 2.19. The quantitative estimate of drug-likeness (QED) is 0.765. The average Bonchev–Trinajstić information content (AvgIpc) is 2.62. The molecule has 0 spiro atoms. The van der Waals surface area contributed by atoms with E-state index in [-0.39, 0.29) is 6.04 Å². The van der Waals surface area contributed by atoms with Crippen LogP contribution < -0.4 is 5.32 Å². The second-order valence-electron chi connectivity index (χ2n) is 4.00. The second-order valence-corrected chi connectivity index (χ2v) is 7.20. The number of thiophene rings is 1. The normalized spacial score (nSPS) is 12.7. The van der Waals surface area contributed by atoms with Gasteiger partial charge in [0.25, 0.3) is 0 Å². The standard InChI is InChI=1S/C13H12BrCl2NS/c1-7-5-8(14)3-4-9(7)12(17-2)10-6-11(15)18-13(10)16/h3-6,12,17H,1-2H3. The van der Waals surface area contributed by atoms with Crippen LogP contribution in [-0.2, 0) is 0 Å². The summed E-state index contributed by atoms with van der Waals surface area (Å²) in [6, 6.07) is 8.23. The summed E-state index contributed by atoms with van der Waals surface area (Å²) in [7, 11) is 1.92. The van der Waals surface area contributed by atoms with E-state index in [1.165, 1.54) is 22.5 Å². The van der Waals surface area contributed by atoms with Crippen LogP contribution in [0.5, 0.6) is 0 Å². The summed E-state index contributed by atoms with van der Waals surface area (Å²) in [5.41, 5.74) is 3.44. The van der Waals surface area contributed by atoms with Crippen molar-refractivity contribution in [3.8, 4) is 0 Å². The molecular weight excluding hydrogens is 353 g/mol.